The zero-order valence-electron chi connectivity index (χ0n) is 13.9. The Bertz CT molecular complexity index is 549. The van der Waals surface area contributed by atoms with Crippen molar-refractivity contribution in [2.75, 3.05) is 19.7 Å². The van der Waals surface area contributed by atoms with E-state index in [1.54, 1.807) is 9.58 Å². The summed E-state index contributed by atoms with van der Waals surface area (Å²) in [6, 6.07) is 1.95. The molecule has 122 valence electrons. The number of rotatable bonds is 8. The van der Waals surface area contributed by atoms with Crippen molar-refractivity contribution >= 4 is 11.9 Å². The SMILES string of the molecule is C=C(C)CN(CC)C(=O)COC(=O)CCn1nc(C)cc1C. The first kappa shape index (κ1) is 17.9. The Hall–Kier alpha value is -2.11. The van der Waals surface area contributed by atoms with E-state index < -0.39 is 5.97 Å². The van der Waals surface area contributed by atoms with Crippen molar-refractivity contribution < 1.29 is 14.3 Å². The van der Waals surface area contributed by atoms with Gasteiger partial charge in [-0.25, -0.2) is 0 Å². The average molecular weight is 307 g/mol. The van der Waals surface area contributed by atoms with Crippen LogP contribution >= 0.6 is 0 Å². The van der Waals surface area contributed by atoms with Crippen LogP contribution in [0.2, 0.25) is 0 Å². The van der Waals surface area contributed by atoms with Crippen LogP contribution in [0, 0.1) is 13.8 Å². The van der Waals surface area contributed by atoms with Crippen LogP contribution in [0.1, 0.15) is 31.7 Å². The molecule has 0 atom stereocenters. The molecule has 1 amide bonds. The lowest BCUT2D eigenvalue weighted by Crippen LogP contribution is -2.35. The minimum Gasteiger partial charge on any atom is -0.456 e. The van der Waals surface area contributed by atoms with Gasteiger partial charge in [-0.05, 0) is 33.8 Å². The van der Waals surface area contributed by atoms with E-state index in [0.29, 0.717) is 19.6 Å². The molecule has 1 aromatic heterocycles. The lowest BCUT2D eigenvalue weighted by Gasteiger charge is -2.20. The van der Waals surface area contributed by atoms with Gasteiger partial charge in [0.15, 0.2) is 6.61 Å². The molecule has 0 radical (unpaired) electrons. The molecule has 0 saturated carbocycles. The summed E-state index contributed by atoms with van der Waals surface area (Å²) in [7, 11) is 0. The van der Waals surface area contributed by atoms with Crippen molar-refractivity contribution in [1.82, 2.24) is 14.7 Å². The molecule has 0 aliphatic heterocycles. The van der Waals surface area contributed by atoms with Gasteiger partial charge in [0.25, 0.3) is 5.91 Å². The summed E-state index contributed by atoms with van der Waals surface area (Å²) >= 11 is 0. The van der Waals surface area contributed by atoms with Crippen molar-refractivity contribution in [2.45, 2.75) is 40.7 Å². The third kappa shape index (κ3) is 5.71. The smallest absolute Gasteiger partial charge is 0.308 e. The maximum absolute atomic E-state index is 11.9. The van der Waals surface area contributed by atoms with Crippen molar-refractivity contribution in [3.63, 3.8) is 0 Å². The summed E-state index contributed by atoms with van der Waals surface area (Å²) in [5.74, 6) is -0.600. The van der Waals surface area contributed by atoms with Gasteiger partial charge in [0.2, 0.25) is 0 Å². The predicted molar refractivity (Wildman–Crippen MR) is 84.3 cm³/mol. The Morgan fingerprint density at radius 2 is 2.09 bits per heavy atom. The predicted octanol–water partition coefficient (Wildman–Crippen LogP) is 1.86. The molecule has 0 saturated heterocycles. The molecule has 0 bridgehead atoms. The van der Waals surface area contributed by atoms with Gasteiger partial charge >= 0.3 is 5.97 Å². The van der Waals surface area contributed by atoms with Crippen molar-refractivity contribution in [2.24, 2.45) is 0 Å². The van der Waals surface area contributed by atoms with Gasteiger partial charge in [-0.3, -0.25) is 14.3 Å². The number of hydrogen-bond donors (Lipinski definition) is 0. The second kappa shape index (κ2) is 8.36. The summed E-state index contributed by atoms with van der Waals surface area (Å²) in [6.07, 6.45) is 0.196. The first-order valence-electron chi connectivity index (χ1n) is 7.42. The van der Waals surface area contributed by atoms with E-state index >= 15 is 0 Å². The number of esters is 1. The number of carbonyl (C=O) groups is 2. The van der Waals surface area contributed by atoms with Crippen LogP contribution in [0.4, 0.5) is 0 Å². The maximum Gasteiger partial charge on any atom is 0.308 e. The molecule has 0 fully saturated rings. The Labute approximate surface area is 131 Å². The highest BCUT2D eigenvalue weighted by molar-refractivity contribution is 5.80. The molecule has 0 spiro atoms. The first-order chi connectivity index (χ1) is 10.3. The number of aromatic nitrogens is 2. The molecule has 6 nitrogen and oxygen atoms in total. The summed E-state index contributed by atoms with van der Waals surface area (Å²) < 4.78 is 6.80. The van der Waals surface area contributed by atoms with Gasteiger partial charge < -0.3 is 9.64 Å². The minimum absolute atomic E-state index is 0.196. The fourth-order valence-corrected chi connectivity index (χ4v) is 2.11. The van der Waals surface area contributed by atoms with Crippen LogP contribution in [0.15, 0.2) is 18.2 Å². The van der Waals surface area contributed by atoms with E-state index in [9.17, 15) is 9.59 Å². The van der Waals surface area contributed by atoms with Gasteiger partial charge in [-0.2, -0.15) is 5.10 Å². The normalized spacial score (nSPS) is 10.4. The molecule has 0 aromatic carbocycles. The summed E-state index contributed by atoms with van der Waals surface area (Å²) in [5, 5.41) is 4.28. The van der Waals surface area contributed by atoms with Crippen molar-refractivity contribution in [1.29, 1.82) is 0 Å². The highest BCUT2D eigenvalue weighted by atomic mass is 16.5. The summed E-state index contributed by atoms with van der Waals surface area (Å²) in [6.45, 7) is 12.6. The third-order valence-corrected chi connectivity index (χ3v) is 3.18. The molecule has 1 aromatic rings. The number of likely N-dealkylation sites (N-methyl/N-ethyl adjacent to an activating group) is 1. The average Bonchev–Trinajstić information content (AvgIpc) is 2.77. The highest BCUT2D eigenvalue weighted by Gasteiger charge is 2.14. The fourth-order valence-electron chi connectivity index (χ4n) is 2.11. The maximum atomic E-state index is 11.9. The number of amides is 1. The Morgan fingerprint density at radius 3 is 2.59 bits per heavy atom. The number of hydrogen-bond acceptors (Lipinski definition) is 4. The van der Waals surface area contributed by atoms with E-state index in [1.807, 2.05) is 33.8 Å². The summed E-state index contributed by atoms with van der Waals surface area (Å²) in [5.41, 5.74) is 2.81. The minimum atomic E-state index is -0.396. The second-order valence-electron chi connectivity index (χ2n) is 5.43. The second-order valence-corrected chi connectivity index (χ2v) is 5.43. The third-order valence-electron chi connectivity index (χ3n) is 3.18. The number of carbonyl (C=O) groups excluding carboxylic acids is 2. The lowest BCUT2D eigenvalue weighted by atomic mass is 10.3. The molecule has 0 aliphatic carbocycles. The van der Waals surface area contributed by atoms with Crippen LogP contribution in [0.3, 0.4) is 0 Å². The lowest BCUT2D eigenvalue weighted by molar-refractivity contribution is -0.152. The standard InChI is InChI=1S/C16H25N3O3/c1-6-18(10-12(2)3)15(20)11-22-16(21)7-8-19-14(5)9-13(4)17-19/h9H,2,6-8,10-11H2,1,3-5H3. The zero-order valence-corrected chi connectivity index (χ0v) is 13.9. The van der Waals surface area contributed by atoms with E-state index in [0.717, 1.165) is 17.0 Å². The van der Waals surface area contributed by atoms with Crippen LogP contribution in [0.5, 0.6) is 0 Å². The Kier molecular flexibility index (Phi) is 6.82. The topological polar surface area (TPSA) is 64.4 Å². The van der Waals surface area contributed by atoms with E-state index in [2.05, 4.69) is 11.7 Å². The van der Waals surface area contributed by atoms with Gasteiger partial charge in [0.1, 0.15) is 0 Å². The quantitative estimate of drug-likeness (QED) is 0.543. The Balaban J connectivity index is 2.37. The monoisotopic (exact) mass is 307 g/mol. The van der Waals surface area contributed by atoms with Crippen LogP contribution in [0.25, 0.3) is 0 Å². The van der Waals surface area contributed by atoms with Crippen LogP contribution in [-0.2, 0) is 20.9 Å². The van der Waals surface area contributed by atoms with E-state index in [4.69, 9.17) is 4.74 Å². The van der Waals surface area contributed by atoms with Crippen LogP contribution in [-0.4, -0.2) is 46.3 Å². The van der Waals surface area contributed by atoms with Gasteiger partial charge in [-0.15, -0.1) is 0 Å². The number of nitrogens with zero attached hydrogens (tertiary/aromatic N) is 3. The molecular formula is C16H25N3O3. The van der Waals surface area contributed by atoms with Gasteiger partial charge in [0.05, 0.1) is 18.7 Å². The molecule has 1 heterocycles. The van der Waals surface area contributed by atoms with Crippen molar-refractivity contribution in [3.8, 4) is 0 Å². The Morgan fingerprint density at radius 1 is 1.41 bits per heavy atom. The molecule has 0 aliphatic rings. The fraction of sp³-hybridized carbons (Fsp3) is 0.562. The van der Waals surface area contributed by atoms with E-state index in [-0.39, 0.29) is 18.9 Å². The molecule has 1 rings (SSSR count). The summed E-state index contributed by atoms with van der Waals surface area (Å²) in [4.78, 5) is 25.3. The van der Waals surface area contributed by atoms with Gasteiger partial charge in [0, 0.05) is 18.8 Å². The zero-order chi connectivity index (χ0) is 16.7. The van der Waals surface area contributed by atoms with Crippen LogP contribution < -0.4 is 0 Å². The number of ether oxygens (including phenoxy) is 1. The first-order valence-corrected chi connectivity index (χ1v) is 7.42. The molecule has 0 unspecified atom stereocenters. The van der Waals surface area contributed by atoms with E-state index in [1.165, 1.54) is 0 Å². The molecule has 0 N–H and O–H groups in total. The van der Waals surface area contributed by atoms with Gasteiger partial charge in [-0.1, -0.05) is 12.2 Å². The molecule has 6 heteroatoms. The highest BCUT2D eigenvalue weighted by Crippen LogP contribution is 2.03. The molecular weight excluding hydrogens is 282 g/mol. The van der Waals surface area contributed by atoms with Crippen molar-refractivity contribution in [3.05, 3.63) is 29.6 Å². The molecule has 22 heavy (non-hydrogen) atoms. The largest absolute Gasteiger partial charge is 0.456 e. The number of aryl methyl sites for hydroxylation is 3.